The maximum atomic E-state index is 12.8. The molecule has 0 spiro atoms. The molecule has 1 aromatic heterocycles. The highest BCUT2D eigenvalue weighted by Crippen LogP contribution is 2.15. The molecule has 0 saturated carbocycles. The molecule has 0 atom stereocenters. The van der Waals surface area contributed by atoms with Gasteiger partial charge in [0.25, 0.3) is 5.95 Å². The molecule has 1 heterocycles. The lowest BCUT2D eigenvalue weighted by Crippen LogP contribution is -2.02. The minimum absolute atomic E-state index is 0.328. The van der Waals surface area contributed by atoms with E-state index in [9.17, 15) is 13.2 Å². The number of aryl methyl sites for hydroxylation is 1. The van der Waals surface area contributed by atoms with Gasteiger partial charge >= 0.3 is 0 Å². The van der Waals surface area contributed by atoms with Crippen molar-refractivity contribution in [2.45, 2.75) is 6.92 Å². The maximum Gasteiger partial charge on any atom is 0.250 e. The van der Waals surface area contributed by atoms with Crippen molar-refractivity contribution in [3.63, 3.8) is 0 Å². The summed E-state index contributed by atoms with van der Waals surface area (Å²) in [7, 11) is 0. The summed E-state index contributed by atoms with van der Waals surface area (Å²) in [6.45, 7) is 1.15. The zero-order chi connectivity index (χ0) is 9.30. The summed E-state index contributed by atoms with van der Waals surface area (Å²) in [4.78, 5) is 2.91. The molecule has 0 aromatic carbocycles. The van der Waals surface area contributed by atoms with Gasteiger partial charge in [-0.05, 0) is 6.92 Å². The van der Waals surface area contributed by atoms with Crippen LogP contribution in [0.1, 0.15) is 11.3 Å². The van der Waals surface area contributed by atoms with Crippen LogP contribution >= 0.6 is 0 Å². The number of hydrogen-bond donors (Lipinski definition) is 0. The second-order valence-electron chi connectivity index (χ2n) is 2.10. The molecule has 0 bridgehead atoms. The van der Waals surface area contributed by atoms with Crippen LogP contribution in [-0.4, -0.2) is 4.98 Å². The van der Waals surface area contributed by atoms with E-state index in [2.05, 4.69) is 4.98 Å². The van der Waals surface area contributed by atoms with Crippen molar-refractivity contribution in [3.8, 4) is 6.07 Å². The second-order valence-corrected chi connectivity index (χ2v) is 2.10. The van der Waals surface area contributed by atoms with Gasteiger partial charge in [0.2, 0.25) is 0 Å². The first-order chi connectivity index (χ1) is 5.57. The van der Waals surface area contributed by atoms with Crippen LogP contribution in [0, 0.1) is 35.8 Å². The molecule has 0 radical (unpaired) electrons. The van der Waals surface area contributed by atoms with Gasteiger partial charge in [-0.15, -0.1) is 0 Å². The number of aromatic nitrogens is 1. The Morgan fingerprint density at radius 2 is 1.83 bits per heavy atom. The minimum atomic E-state index is -1.54. The first-order valence-electron chi connectivity index (χ1n) is 2.99. The topological polar surface area (TPSA) is 36.7 Å². The van der Waals surface area contributed by atoms with Gasteiger partial charge in [0.05, 0.1) is 5.69 Å². The van der Waals surface area contributed by atoms with Gasteiger partial charge in [0.1, 0.15) is 11.6 Å². The highest BCUT2D eigenvalue weighted by molar-refractivity contribution is 5.32. The largest absolute Gasteiger partial charge is 0.250 e. The van der Waals surface area contributed by atoms with Crippen LogP contribution in [0.3, 0.4) is 0 Å². The van der Waals surface area contributed by atoms with E-state index in [1.54, 1.807) is 0 Å². The van der Waals surface area contributed by atoms with Crippen LogP contribution in [0.4, 0.5) is 13.2 Å². The molecule has 0 fully saturated rings. The van der Waals surface area contributed by atoms with Crippen molar-refractivity contribution < 1.29 is 13.2 Å². The Balaban J connectivity index is 3.56. The molecule has 12 heavy (non-hydrogen) atoms. The zero-order valence-electron chi connectivity index (χ0n) is 6.03. The van der Waals surface area contributed by atoms with Crippen LogP contribution in [0.25, 0.3) is 0 Å². The lowest BCUT2D eigenvalue weighted by molar-refractivity contribution is 0.456. The van der Waals surface area contributed by atoms with Gasteiger partial charge in [0, 0.05) is 0 Å². The fraction of sp³-hybridized carbons (Fsp3) is 0.143. The molecule has 62 valence electrons. The smallest absolute Gasteiger partial charge is 0.219 e. The Morgan fingerprint density at radius 3 is 2.33 bits per heavy atom. The Kier molecular flexibility index (Phi) is 2.00. The number of nitrogens with zero attached hydrogens (tertiary/aromatic N) is 2. The quantitative estimate of drug-likeness (QED) is 0.558. The lowest BCUT2D eigenvalue weighted by atomic mass is 10.2. The summed E-state index contributed by atoms with van der Waals surface area (Å²) in [6, 6.07) is 1.22. The van der Waals surface area contributed by atoms with Gasteiger partial charge in [-0.25, -0.2) is 13.8 Å². The van der Waals surface area contributed by atoms with Crippen LogP contribution < -0.4 is 0 Å². The van der Waals surface area contributed by atoms with Crippen LogP contribution in [0.15, 0.2) is 0 Å². The van der Waals surface area contributed by atoms with E-state index < -0.39 is 23.1 Å². The average molecular weight is 172 g/mol. The molecule has 0 saturated heterocycles. The molecule has 0 aliphatic heterocycles. The lowest BCUT2D eigenvalue weighted by Gasteiger charge is -1.99. The number of hydrogen-bond acceptors (Lipinski definition) is 2. The van der Waals surface area contributed by atoms with E-state index in [1.807, 2.05) is 0 Å². The molecule has 0 aliphatic carbocycles. The van der Waals surface area contributed by atoms with E-state index in [-0.39, 0.29) is 5.69 Å². The van der Waals surface area contributed by atoms with Gasteiger partial charge in [-0.2, -0.15) is 9.65 Å². The summed E-state index contributed by atoms with van der Waals surface area (Å²) in [5.41, 5.74) is -1.26. The third kappa shape index (κ3) is 1.11. The number of pyridine rings is 1. The molecule has 5 heteroatoms. The Hall–Kier alpha value is -1.57. The van der Waals surface area contributed by atoms with E-state index >= 15 is 0 Å². The van der Waals surface area contributed by atoms with Crippen molar-refractivity contribution >= 4 is 0 Å². The molecule has 0 aliphatic rings. The summed E-state index contributed by atoms with van der Waals surface area (Å²) >= 11 is 0. The van der Waals surface area contributed by atoms with E-state index in [0.717, 1.165) is 6.92 Å². The molecule has 0 unspecified atom stereocenters. The molecule has 1 rings (SSSR count). The van der Waals surface area contributed by atoms with Crippen molar-refractivity contribution in [1.29, 1.82) is 5.26 Å². The normalized spacial score (nSPS) is 9.58. The second kappa shape index (κ2) is 2.81. The molecule has 0 amide bonds. The fourth-order valence-electron chi connectivity index (χ4n) is 0.724. The molecular weight excluding hydrogens is 169 g/mol. The van der Waals surface area contributed by atoms with Crippen molar-refractivity contribution in [3.05, 3.63) is 28.8 Å². The average Bonchev–Trinajstić information content (AvgIpc) is 2.02. The first kappa shape index (κ1) is 8.53. The third-order valence-electron chi connectivity index (χ3n) is 1.32. The number of halogens is 3. The van der Waals surface area contributed by atoms with Crippen LogP contribution in [-0.2, 0) is 0 Å². The molecule has 0 N–H and O–H groups in total. The van der Waals surface area contributed by atoms with Crippen molar-refractivity contribution in [1.82, 2.24) is 4.98 Å². The minimum Gasteiger partial charge on any atom is -0.219 e. The van der Waals surface area contributed by atoms with Crippen molar-refractivity contribution in [2.75, 3.05) is 0 Å². The summed E-state index contributed by atoms with van der Waals surface area (Å²) < 4.78 is 37.7. The van der Waals surface area contributed by atoms with E-state index in [0.29, 0.717) is 0 Å². The summed E-state index contributed by atoms with van der Waals surface area (Å²) in [6.07, 6.45) is 0. The van der Waals surface area contributed by atoms with Gasteiger partial charge in [-0.3, -0.25) is 0 Å². The molecule has 2 nitrogen and oxygen atoms in total. The first-order valence-corrected chi connectivity index (χ1v) is 2.99. The standard InChI is InChI=1S/C7H3F3N2/c1-3-5(8)4(2-11)6(9)7(10)12-3/h1H3. The van der Waals surface area contributed by atoms with Crippen molar-refractivity contribution in [2.24, 2.45) is 0 Å². The zero-order valence-corrected chi connectivity index (χ0v) is 6.03. The maximum absolute atomic E-state index is 12.8. The highest BCUT2D eigenvalue weighted by atomic mass is 19.2. The molecule has 1 aromatic rings. The highest BCUT2D eigenvalue weighted by Gasteiger charge is 2.17. The Labute approximate surface area is 66.3 Å². The predicted octanol–water partition coefficient (Wildman–Crippen LogP) is 1.68. The number of nitriles is 1. The van der Waals surface area contributed by atoms with E-state index in [1.165, 1.54) is 6.07 Å². The van der Waals surface area contributed by atoms with E-state index in [4.69, 9.17) is 5.26 Å². The Morgan fingerprint density at radius 1 is 1.25 bits per heavy atom. The predicted molar refractivity (Wildman–Crippen MR) is 33.6 cm³/mol. The van der Waals surface area contributed by atoms with Gasteiger partial charge < -0.3 is 0 Å². The third-order valence-corrected chi connectivity index (χ3v) is 1.32. The summed E-state index contributed by atoms with van der Waals surface area (Å²) in [5.74, 6) is -4.11. The Bertz CT molecular complexity index is 342. The van der Waals surface area contributed by atoms with Gasteiger partial charge in [-0.1, -0.05) is 0 Å². The van der Waals surface area contributed by atoms with Crippen LogP contribution in [0.2, 0.25) is 0 Å². The van der Waals surface area contributed by atoms with Gasteiger partial charge in [0.15, 0.2) is 11.6 Å². The van der Waals surface area contributed by atoms with Crippen LogP contribution in [0.5, 0.6) is 0 Å². The summed E-state index contributed by atoms with van der Waals surface area (Å²) in [5, 5.41) is 8.22. The fourth-order valence-corrected chi connectivity index (χ4v) is 0.724. The SMILES string of the molecule is Cc1nc(F)c(F)c(C#N)c1F. The number of rotatable bonds is 0. The molecular formula is C7H3F3N2. The monoisotopic (exact) mass is 172 g/mol.